The van der Waals surface area contributed by atoms with Crippen LogP contribution >= 0.6 is 0 Å². The molecule has 0 bridgehead atoms. The van der Waals surface area contributed by atoms with Gasteiger partial charge in [0, 0.05) is 19.6 Å². The number of alkyl carbamates (subject to hydrolysis) is 1. The summed E-state index contributed by atoms with van der Waals surface area (Å²) in [7, 11) is 1.48. The van der Waals surface area contributed by atoms with E-state index in [9.17, 15) is 19.5 Å². The quantitative estimate of drug-likeness (QED) is 0.522. The molecule has 2 N–H and O–H groups in total. The number of carboxylic acids is 1. The number of hydrogen-bond donors (Lipinski definition) is 2. The van der Waals surface area contributed by atoms with E-state index in [1.165, 1.54) is 12.0 Å². The molecule has 0 heterocycles. The van der Waals surface area contributed by atoms with Crippen molar-refractivity contribution in [3.05, 3.63) is 59.7 Å². The van der Waals surface area contributed by atoms with Crippen molar-refractivity contribution in [3.8, 4) is 11.1 Å². The van der Waals surface area contributed by atoms with E-state index in [-0.39, 0.29) is 38.5 Å². The normalized spacial score (nSPS) is 12.6. The Morgan fingerprint density at radius 3 is 2.06 bits per heavy atom. The van der Waals surface area contributed by atoms with Gasteiger partial charge in [-0.25, -0.2) is 4.79 Å². The number of hydrogen-bond acceptors (Lipinski definition) is 5. The number of benzene rings is 2. The van der Waals surface area contributed by atoms with Crippen molar-refractivity contribution in [3.63, 3.8) is 0 Å². The maximum Gasteiger partial charge on any atom is 0.408 e. The lowest BCUT2D eigenvalue weighted by molar-refractivity contribution is -0.148. The Hall–Kier alpha value is -3.39. The van der Waals surface area contributed by atoms with Crippen LogP contribution in [0, 0.1) is 0 Å². The lowest BCUT2D eigenvalue weighted by atomic mass is 9.91. The van der Waals surface area contributed by atoms with Gasteiger partial charge in [-0.2, -0.15) is 0 Å². The van der Waals surface area contributed by atoms with Crippen LogP contribution in [0.5, 0.6) is 0 Å². The van der Waals surface area contributed by atoms with Gasteiger partial charge in [-0.3, -0.25) is 9.59 Å². The zero-order valence-corrected chi connectivity index (χ0v) is 19.9. The van der Waals surface area contributed by atoms with E-state index in [0.29, 0.717) is 0 Å². The molecule has 2 aromatic carbocycles. The van der Waals surface area contributed by atoms with Gasteiger partial charge in [0.2, 0.25) is 5.91 Å². The summed E-state index contributed by atoms with van der Waals surface area (Å²) in [4.78, 5) is 38.7. The first-order chi connectivity index (χ1) is 16.4. The fourth-order valence-corrected chi connectivity index (χ4v) is 4.53. The van der Waals surface area contributed by atoms with E-state index >= 15 is 0 Å². The Bertz CT molecular complexity index is 988. The molecule has 2 amide bonds. The molecule has 182 valence electrons. The van der Waals surface area contributed by atoms with Gasteiger partial charge >= 0.3 is 12.1 Å². The molecular formula is C26H32N2O6. The van der Waals surface area contributed by atoms with Crippen LogP contribution < -0.4 is 5.32 Å². The van der Waals surface area contributed by atoms with Gasteiger partial charge in [0.1, 0.15) is 18.7 Å². The van der Waals surface area contributed by atoms with Crippen LogP contribution in [-0.4, -0.2) is 66.9 Å². The van der Waals surface area contributed by atoms with Crippen molar-refractivity contribution in [2.75, 3.05) is 33.4 Å². The zero-order chi connectivity index (χ0) is 24.7. The third-order valence-corrected chi connectivity index (χ3v) is 6.48. The maximum atomic E-state index is 13.3. The highest BCUT2D eigenvalue weighted by Crippen LogP contribution is 2.44. The number of methoxy groups -OCH3 is 1. The molecule has 0 aliphatic heterocycles. The van der Waals surface area contributed by atoms with Gasteiger partial charge in [0.25, 0.3) is 0 Å². The molecule has 8 nitrogen and oxygen atoms in total. The van der Waals surface area contributed by atoms with Crippen LogP contribution in [0.3, 0.4) is 0 Å². The average Bonchev–Trinajstić information content (AvgIpc) is 3.17. The standard InChI is InChI=1S/C26H32N2O6/c1-4-26(5-2,24(31)28(14-15-33-3)16-23(29)30)27-25(32)34-17-22-20-12-8-6-10-18(20)19-11-7-9-13-21(19)22/h6-13,22H,4-5,14-17H2,1-3H3,(H,27,32)(H,29,30). The number of ether oxygens (including phenoxy) is 2. The van der Waals surface area contributed by atoms with E-state index in [1.54, 1.807) is 13.8 Å². The largest absolute Gasteiger partial charge is 0.480 e. The van der Waals surface area contributed by atoms with E-state index in [2.05, 4.69) is 17.4 Å². The number of rotatable bonds is 11. The number of carbonyl (C=O) groups excluding carboxylic acids is 2. The Kier molecular flexibility index (Phi) is 8.28. The third kappa shape index (κ3) is 5.22. The second-order valence-electron chi connectivity index (χ2n) is 8.35. The van der Waals surface area contributed by atoms with Gasteiger partial charge in [-0.1, -0.05) is 62.4 Å². The van der Waals surface area contributed by atoms with Crippen molar-refractivity contribution in [1.82, 2.24) is 10.2 Å². The van der Waals surface area contributed by atoms with Crippen LogP contribution in [0.1, 0.15) is 43.7 Å². The molecule has 0 unspecified atom stereocenters. The summed E-state index contributed by atoms with van der Waals surface area (Å²) in [5.41, 5.74) is 3.17. The molecular weight excluding hydrogens is 436 g/mol. The summed E-state index contributed by atoms with van der Waals surface area (Å²) in [5, 5.41) is 12.0. The maximum absolute atomic E-state index is 13.3. The van der Waals surface area contributed by atoms with Crippen molar-refractivity contribution in [2.45, 2.75) is 38.1 Å². The minimum absolute atomic E-state index is 0.100. The first-order valence-corrected chi connectivity index (χ1v) is 11.5. The molecule has 0 aromatic heterocycles. The second-order valence-corrected chi connectivity index (χ2v) is 8.35. The third-order valence-electron chi connectivity index (χ3n) is 6.48. The van der Waals surface area contributed by atoms with Crippen molar-refractivity contribution in [2.24, 2.45) is 0 Å². The first kappa shape index (κ1) is 25.2. The second kappa shape index (κ2) is 11.2. The zero-order valence-electron chi connectivity index (χ0n) is 19.9. The van der Waals surface area contributed by atoms with Gasteiger partial charge in [0.05, 0.1) is 6.61 Å². The summed E-state index contributed by atoms with van der Waals surface area (Å²) >= 11 is 0. The van der Waals surface area contributed by atoms with Crippen LogP contribution in [0.4, 0.5) is 4.79 Å². The Morgan fingerprint density at radius 2 is 1.56 bits per heavy atom. The number of nitrogens with one attached hydrogen (secondary N) is 1. The molecule has 8 heteroatoms. The monoisotopic (exact) mass is 468 g/mol. The van der Waals surface area contributed by atoms with E-state index < -0.39 is 30.1 Å². The highest BCUT2D eigenvalue weighted by Gasteiger charge is 2.41. The number of amides is 2. The molecule has 3 rings (SSSR count). The van der Waals surface area contributed by atoms with E-state index in [1.807, 2.05) is 36.4 Å². The summed E-state index contributed by atoms with van der Waals surface area (Å²) in [6.45, 7) is 3.50. The topological polar surface area (TPSA) is 105 Å². The lowest BCUT2D eigenvalue weighted by Gasteiger charge is -2.35. The molecule has 1 aliphatic carbocycles. The van der Waals surface area contributed by atoms with Crippen LogP contribution in [-0.2, 0) is 19.1 Å². The number of fused-ring (bicyclic) bond motifs is 3. The summed E-state index contributed by atoms with van der Waals surface area (Å²) < 4.78 is 10.6. The Morgan fingerprint density at radius 1 is 1.00 bits per heavy atom. The number of nitrogens with zero attached hydrogens (tertiary/aromatic N) is 1. The number of carbonyl (C=O) groups is 3. The Labute approximate surface area is 199 Å². The molecule has 0 atom stereocenters. The fourth-order valence-electron chi connectivity index (χ4n) is 4.53. The predicted octanol–water partition coefficient (Wildman–Crippen LogP) is 3.64. The molecule has 0 radical (unpaired) electrons. The summed E-state index contributed by atoms with van der Waals surface area (Å²) in [6.07, 6.45) is -0.133. The van der Waals surface area contributed by atoms with Gasteiger partial charge in [0.15, 0.2) is 0 Å². The first-order valence-electron chi connectivity index (χ1n) is 11.5. The molecule has 2 aromatic rings. The van der Waals surface area contributed by atoms with Crippen molar-refractivity contribution >= 4 is 18.0 Å². The number of carboxylic acid groups (broad SMARTS) is 1. The smallest absolute Gasteiger partial charge is 0.408 e. The van der Waals surface area contributed by atoms with Crippen molar-refractivity contribution < 1.29 is 29.0 Å². The predicted molar refractivity (Wildman–Crippen MR) is 128 cm³/mol. The van der Waals surface area contributed by atoms with Crippen LogP contribution in [0.25, 0.3) is 11.1 Å². The summed E-state index contributed by atoms with van der Waals surface area (Å²) in [5.74, 6) is -1.70. The minimum Gasteiger partial charge on any atom is -0.480 e. The average molecular weight is 469 g/mol. The number of aliphatic carboxylic acids is 1. The Balaban J connectivity index is 1.74. The molecule has 1 aliphatic rings. The van der Waals surface area contributed by atoms with E-state index in [0.717, 1.165) is 22.3 Å². The highest BCUT2D eigenvalue weighted by molar-refractivity contribution is 5.92. The lowest BCUT2D eigenvalue weighted by Crippen LogP contribution is -2.60. The molecule has 0 saturated carbocycles. The van der Waals surface area contributed by atoms with Gasteiger partial charge in [-0.15, -0.1) is 0 Å². The SMILES string of the molecule is CCC(CC)(NC(=O)OCC1c2ccccc2-c2ccccc21)C(=O)N(CCOC)CC(=O)O. The van der Waals surface area contributed by atoms with Crippen LogP contribution in [0.15, 0.2) is 48.5 Å². The van der Waals surface area contributed by atoms with Gasteiger partial charge < -0.3 is 24.8 Å². The summed E-state index contributed by atoms with van der Waals surface area (Å²) in [6, 6.07) is 16.1. The highest BCUT2D eigenvalue weighted by atomic mass is 16.5. The minimum atomic E-state index is -1.27. The molecule has 0 spiro atoms. The molecule has 34 heavy (non-hydrogen) atoms. The van der Waals surface area contributed by atoms with E-state index in [4.69, 9.17) is 9.47 Å². The molecule has 0 saturated heterocycles. The fraction of sp³-hybridized carbons (Fsp3) is 0.423. The molecule has 0 fully saturated rings. The van der Waals surface area contributed by atoms with Gasteiger partial charge in [-0.05, 0) is 35.1 Å². The van der Waals surface area contributed by atoms with Crippen molar-refractivity contribution in [1.29, 1.82) is 0 Å². The van der Waals surface area contributed by atoms with Crippen LogP contribution in [0.2, 0.25) is 0 Å².